The molecule has 1 atom stereocenters. The highest BCUT2D eigenvalue weighted by Gasteiger charge is 2.27. The molecule has 2 aromatic rings. The third-order valence-electron chi connectivity index (χ3n) is 6.51. The maximum Gasteiger partial charge on any atom is 0.227 e. The van der Waals surface area contributed by atoms with Crippen LogP contribution in [0.25, 0.3) is 0 Å². The zero-order chi connectivity index (χ0) is 18.9. The highest BCUT2D eigenvalue weighted by atomic mass is 16.1. The molecular weight excluding hydrogens is 348 g/mol. The van der Waals surface area contributed by atoms with Gasteiger partial charge in [-0.3, -0.25) is 4.79 Å². The lowest BCUT2D eigenvalue weighted by Gasteiger charge is -2.28. The number of amides is 1. The summed E-state index contributed by atoms with van der Waals surface area (Å²) in [6.45, 7) is 2.12. The molecule has 1 aromatic heterocycles. The fourth-order valence-corrected chi connectivity index (χ4v) is 4.86. The van der Waals surface area contributed by atoms with Crippen LogP contribution in [0.1, 0.15) is 54.5 Å². The molecule has 1 amide bonds. The van der Waals surface area contributed by atoms with E-state index < -0.39 is 0 Å². The van der Waals surface area contributed by atoms with Crippen molar-refractivity contribution in [2.75, 3.05) is 23.3 Å². The number of hydrogen-bond acceptors (Lipinski definition) is 4. The molecule has 0 unspecified atom stereocenters. The Morgan fingerprint density at radius 2 is 1.86 bits per heavy atom. The van der Waals surface area contributed by atoms with Crippen molar-refractivity contribution >= 4 is 17.5 Å². The number of aromatic nitrogens is 2. The number of fused-ring (bicyclic) bond motifs is 2. The number of anilines is 2. The summed E-state index contributed by atoms with van der Waals surface area (Å²) in [6, 6.07) is 6.38. The molecule has 0 bridgehead atoms. The minimum Gasteiger partial charge on any atom is -0.341 e. The first-order chi connectivity index (χ1) is 13.8. The van der Waals surface area contributed by atoms with Gasteiger partial charge in [-0.25, -0.2) is 9.97 Å². The van der Waals surface area contributed by atoms with Crippen molar-refractivity contribution in [3.05, 3.63) is 46.8 Å². The van der Waals surface area contributed by atoms with Gasteiger partial charge in [0.25, 0.3) is 0 Å². The summed E-state index contributed by atoms with van der Waals surface area (Å²) in [5, 5.41) is 3.15. The minimum atomic E-state index is 0.00481. The zero-order valence-corrected chi connectivity index (χ0v) is 16.4. The number of carbonyl (C=O) groups excluding carboxylic acids is 1. The molecular formula is C23H28N4O. The summed E-state index contributed by atoms with van der Waals surface area (Å²) in [7, 11) is 0. The summed E-state index contributed by atoms with van der Waals surface area (Å²) >= 11 is 0. The Morgan fingerprint density at radius 3 is 2.75 bits per heavy atom. The molecule has 1 aliphatic heterocycles. The summed E-state index contributed by atoms with van der Waals surface area (Å²) in [4.78, 5) is 24.6. The third kappa shape index (κ3) is 3.50. The van der Waals surface area contributed by atoms with Crippen LogP contribution in [-0.2, 0) is 30.5 Å². The monoisotopic (exact) mass is 376 g/mol. The van der Waals surface area contributed by atoms with Crippen LogP contribution in [0, 0.1) is 5.92 Å². The van der Waals surface area contributed by atoms with Crippen LogP contribution in [-0.4, -0.2) is 29.0 Å². The second-order valence-corrected chi connectivity index (χ2v) is 8.46. The van der Waals surface area contributed by atoms with E-state index in [1.165, 1.54) is 43.2 Å². The first-order valence-electron chi connectivity index (χ1n) is 10.8. The van der Waals surface area contributed by atoms with Crippen LogP contribution in [0.5, 0.6) is 0 Å². The third-order valence-corrected chi connectivity index (χ3v) is 6.51. The van der Waals surface area contributed by atoms with E-state index in [0.717, 1.165) is 61.7 Å². The van der Waals surface area contributed by atoms with Gasteiger partial charge in [-0.2, -0.15) is 0 Å². The molecule has 5 nitrogen and oxygen atoms in total. The highest BCUT2D eigenvalue weighted by molar-refractivity contribution is 5.93. The second kappa shape index (κ2) is 7.53. The predicted molar refractivity (Wildman–Crippen MR) is 111 cm³/mol. The molecule has 5 heteroatoms. The average molecular weight is 377 g/mol. The number of nitrogens with zero attached hydrogens (tertiary/aromatic N) is 3. The molecule has 5 rings (SSSR count). The molecule has 2 heterocycles. The van der Waals surface area contributed by atoms with Gasteiger partial charge in [0.2, 0.25) is 11.9 Å². The summed E-state index contributed by atoms with van der Waals surface area (Å²) in [6.07, 6.45) is 11.7. The molecule has 0 spiro atoms. The van der Waals surface area contributed by atoms with Gasteiger partial charge in [0.15, 0.2) is 0 Å². The topological polar surface area (TPSA) is 58.1 Å². The smallest absolute Gasteiger partial charge is 0.227 e. The fraction of sp³-hybridized carbons (Fsp3) is 0.522. The Balaban J connectivity index is 1.25. The van der Waals surface area contributed by atoms with Crippen molar-refractivity contribution in [2.45, 2.75) is 57.8 Å². The predicted octanol–water partition coefficient (Wildman–Crippen LogP) is 3.70. The lowest BCUT2D eigenvalue weighted by Crippen LogP contribution is -2.32. The molecule has 1 saturated heterocycles. The molecule has 2 aliphatic carbocycles. The molecule has 28 heavy (non-hydrogen) atoms. The van der Waals surface area contributed by atoms with Crippen molar-refractivity contribution < 1.29 is 4.79 Å². The molecule has 0 radical (unpaired) electrons. The SMILES string of the molecule is O=C(Nc1ccc2c(c1)CCC2)[C@@H]1CCc2nc(N3CCCCC3)ncc2C1. The Bertz CT molecular complexity index is 888. The number of rotatable bonds is 3. The van der Waals surface area contributed by atoms with Gasteiger partial charge in [-0.1, -0.05) is 6.07 Å². The van der Waals surface area contributed by atoms with E-state index in [1.54, 1.807) is 0 Å². The Morgan fingerprint density at radius 1 is 1.00 bits per heavy atom. The average Bonchev–Trinajstić information content (AvgIpc) is 3.21. The van der Waals surface area contributed by atoms with Gasteiger partial charge in [0.1, 0.15) is 0 Å². The molecule has 1 fully saturated rings. The van der Waals surface area contributed by atoms with Crippen molar-refractivity contribution in [3.63, 3.8) is 0 Å². The number of benzene rings is 1. The van der Waals surface area contributed by atoms with Gasteiger partial charge in [-0.15, -0.1) is 0 Å². The number of hydrogen-bond donors (Lipinski definition) is 1. The summed E-state index contributed by atoms with van der Waals surface area (Å²) in [5.74, 6) is 1.01. The Hall–Kier alpha value is -2.43. The van der Waals surface area contributed by atoms with Crippen LogP contribution in [0.3, 0.4) is 0 Å². The Labute approximate surface area is 166 Å². The van der Waals surface area contributed by atoms with Crippen molar-refractivity contribution in [2.24, 2.45) is 5.92 Å². The van der Waals surface area contributed by atoms with Gasteiger partial charge in [0.05, 0.1) is 0 Å². The van der Waals surface area contributed by atoms with E-state index in [9.17, 15) is 4.79 Å². The Kier molecular flexibility index (Phi) is 4.75. The van der Waals surface area contributed by atoms with Gasteiger partial charge >= 0.3 is 0 Å². The van der Waals surface area contributed by atoms with E-state index >= 15 is 0 Å². The van der Waals surface area contributed by atoms with E-state index in [1.807, 2.05) is 12.3 Å². The van der Waals surface area contributed by atoms with E-state index in [-0.39, 0.29) is 11.8 Å². The van der Waals surface area contributed by atoms with Crippen molar-refractivity contribution in [1.29, 1.82) is 0 Å². The van der Waals surface area contributed by atoms with Crippen LogP contribution in [0.2, 0.25) is 0 Å². The molecule has 0 saturated carbocycles. The number of aryl methyl sites for hydroxylation is 3. The quantitative estimate of drug-likeness (QED) is 0.887. The maximum absolute atomic E-state index is 12.8. The number of piperidine rings is 1. The van der Waals surface area contributed by atoms with Gasteiger partial charge < -0.3 is 10.2 Å². The fourth-order valence-electron chi connectivity index (χ4n) is 4.86. The van der Waals surface area contributed by atoms with Crippen LogP contribution in [0.4, 0.5) is 11.6 Å². The maximum atomic E-state index is 12.8. The second-order valence-electron chi connectivity index (χ2n) is 8.46. The molecule has 1 N–H and O–H groups in total. The van der Waals surface area contributed by atoms with E-state index in [2.05, 4.69) is 27.3 Å². The number of nitrogens with one attached hydrogen (secondary N) is 1. The first-order valence-corrected chi connectivity index (χ1v) is 10.8. The minimum absolute atomic E-state index is 0.00481. The van der Waals surface area contributed by atoms with E-state index in [4.69, 9.17) is 4.98 Å². The van der Waals surface area contributed by atoms with Crippen LogP contribution in [0.15, 0.2) is 24.4 Å². The molecule has 3 aliphatic rings. The largest absolute Gasteiger partial charge is 0.341 e. The summed E-state index contributed by atoms with van der Waals surface area (Å²) < 4.78 is 0. The zero-order valence-electron chi connectivity index (χ0n) is 16.4. The van der Waals surface area contributed by atoms with Crippen LogP contribution < -0.4 is 10.2 Å². The molecule has 146 valence electrons. The van der Waals surface area contributed by atoms with Gasteiger partial charge in [0, 0.05) is 36.6 Å². The van der Waals surface area contributed by atoms with Crippen molar-refractivity contribution in [3.8, 4) is 0 Å². The van der Waals surface area contributed by atoms with Crippen LogP contribution >= 0.6 is 0 Å². The van der Waals surface area contributed by atoms with Gasteiger partial charge in [-0.05, 0) is 86.6 Å². The van der Waals surface area contributed by atoms with Crippen molar-refractivity contribution in [1.82, 2.24) is 9.97 Å². The lowest BCUT2D eigenvalue weighted by molar-refractivity contribution is -0.120. The summed E-state index contributed by atoms with van der Waals surface area (Å²) in [5.41, 5.74) is 6.04. The number of carbonyl (C=O) groups is 1. The lowest BCUT2D eigenvalue weighted by atomic mass is 9.86. The molecule has 1 aromatic carbocycles. The normalized spacial score (nSPS) is 21.1. The standard InChI is InChI=1S/C23H28N4O/c28-22(25-20-9-7-16-5-4-6-17(16)14-20)18-8-10-21-19(13-18)15-24-23(26-21)27-11-2-1-3-12-27/h7,9,14-15,18H,1-6,8,10-13H2,(H,25,28)/t18-/m1/s1. The first kappa shape index (κ1) is 17.7. The van der Waals surface area contributed by atoms with E-state index in [0.29, 0.717) is 0 Å². The highest BCUT2D eigenvalue weighted by Crippen LogP contribution is 2.29.